The Hall–Kier alpha value is -3.68. The summed E-state index contributed by atoms with van der Waals surface area (Å²) in [6.45, 7) is 0.698. The molecular weight excluding hydrogens is 418 g/mol. The highest BCUT2D eigenvalue weighted by atomic mass is 16.2. The highest BCUT2D eigenvalue weighted by molar-refractivity contribution is 6.07. The minimum absolute atomic E-state index is 0.0951. The second-order valence-corrected chi connectivity index (χ2v) is 8.83. The lowest BCUT2D eigenvalue weighted by molar-refractivity contribution is -0.131. The van der Waals surface area contributed by atoms with E-state index in [0.717, 1.165) is 35.1 Å². The van der Waals surface area contributed by atoms with Crippen molar-refractivity contribution in [3.63, 3.8) is 0 Å². The van der Waals surface area contributed by atoms with Crippen LogP contribution in [0.2, 0.25) is 0 Å². The Bertz CT molecular complexity index is 1190. The second-order valence-electron chi connectivity index (χ2n) is 8.83. The van der Waals surface area contributed by atoms with Gasteiger partial charge in [-0.3, -0.25) is 19.1 Å². The number of nitrogens with zero attached hydrogens (tertiary/aromatic N) is 3. The number of carbonyl (C=O) groups is 3. The summed E-state index contributed by atoms with van der Waals surface area (Å²) in [4.78, 5) is 42.8. The van der Waals surface area contributed by atoms with E-state index in [9.17, 15) is 14.4 Å². The van der Waals surface area contributed by atoms with Crippen molar-refractivity contribution >= 4 is 28.9 Å². The maximum Gasteiger partial charge on any atom is 0.325 e. The topological polar surface area (TPSA) is 96.3 Å². The summed E-state index contributed by atoms with van der Waals surface area (Å²) in [7, 11) is 0. The SMILES string of the molecule is O=C(CCCN1C(=O)NC2(CCCC2)C1=O)NCc1ccc(-n2cnc3ccccc32)cc1. The number of urea groups is 1. The Balaban J connectivity index is 1.10. The quantitative estimate of drug-likeness (QED) is 0.546. The zero-order chi connectivity index (χ0) is 22.8. The maximum absolute atomic E-state index is 12.6. The zero-order valence-electron chi connectivity index (χ0n) is 18.4. The maximum atomic E-state index is 12.6. The fraction of sp³-hybridized carbons (Fsp3) is 0.360. The molecule has 0 radical (unpaired) electrons. The van der Waals surface area contributed by atoms with Gasteiger partial charge < -0.3 is 10.6 Å². The zero-order valence-corrected chi connectivity index (χ0v) is 18.4. The molecule has 2 aromatic carbocycles. The average Bonchev–Trinajstić information content (AvgIpc) is 3.53. The number of imidazole rings is 1. The van der Waals surface area contributed by atoms with Crippen LogP contribution in [0.5, 0.6) is 0 Å². The van der Waals surface area contributed by atoms with Crippen LogP contribution >= 0.6 is 0 Å². The number of carbonyl (C=O) groups excluding carboxylic acids is 3. The van der Waals surface area contributed by atoms with E-state index in [1.165, 1.54) is 4.90 Å². The Morgan fingerprint density at radius 1 is 1.06 bits per heavy atom. The molecule has 0 unspecified atom stereocenters. The van der Waals surface area contributed by atoms with Crippen LogP contribution in [-0.2, 0) is 16.1 Å². The highest BCUT2D eigenvalue weighted by Gasteiger charge is 2.52. The number of nitrogens with one attached hydrogen (secondary N) is 2. The van der Waals surface area contributed by atoms with Gasteiger partial charge in [-0.05, 0) is 49.1 Å². The van der Waals surface area contributed by atoms with E-state index in [1.54, 1.807) is 6.33 Å². The van der Waals surface area contributed by atoms with Crippen LogP contribution in [0.3, 0.4) is 0 Å². The summed E-state index contributed by atoms with van der Waals surface area (Å²) in [6.07, 6.45) is 5.87. The molecule has 5 rings (SSSR count). The molecular formula is C25H27N5O3. The van der Waals surface area contributed by atoms with Crippen molar-refractivity contribution in [2.75, 3.05) is 6.54 Å². The number of amides is 4. The van der Waals surface area contributed by atoms with Gasteiger partial charge in [0.1, 0.15) is 11.9 Å². The normalized spacial score (nSPS) is 17.2. The molecule has 33 heavy (non-hydrogen) atoms. The van der Waals surface area contributed by atoms with Crippen LogP contribution in [0.4, 0.5) is 4.79 Å². The van der Waals surface area contributed by atoms with Crippen LogP contribution < -0.4 is 10.6 Å². The van der Waals surface area contributed by atoms with Crippen LogP contribution in [-0.4, -0.2) is 44.4 Å². The molecule has 3 aromatic rings. The molecule has 1 saturated heterocycles. The van der Waals surface area contributed by atoms with Gasteiger partial charge in [-0.25, -0.2) is 9.78 Å². The number of hydrogen-bond acceptors (Lipinski definition) is 4. The predicted molar refractivity (Wildman–Crippen MR) is 124 cm³/mol. The molecule has 1 saturated carbocycles. The van der Waals surface area contributed by atoms with E-state index >= 15 is 0 Å². The molecule has 8 nitrogen and oxygen atoms in total. The fourth-order valence-electron chi connectivity index (χ4n) is 4.82. The van der Waals surface area contributed by atoms with Gasteiger partial charge in [-0.2, -0.15) is 0 Å². The summed E-state index contributed by atoms with van der Waals surface area (Å²) >= 11 is 0. The Morgan fingerprint density at radius 3 is 2.61 bits per heavy atom. The van der Waals surface area contributed by atoms with Crippen molar-refractivity contribution in [1.29, 1.82) is 0 Å². The summed E-state index contributed by atoms with van der Waals surface area (Å²) in [5, 5.41) is 5.79. The van der Waals surface area contributed by atoms with Crippen molar-refractivity contribution in [3.05, 3.63) is 60.4 Å². The third-order valence-corrected chi connectivity index (χ3v) is 6.65. The van der Waals surface area contributed by atoms with Crippen molar-refractivity contribution in [2.24, 2.45) is 0 Å². The standard InChI is InChI=1S/C25H27N5O3/c31-22(8-5-15-29-23(32)25(28-24(29)33)13-3-4-14-25)26-16-18-9-11-19(12-10-18)30-17-27-20-6-1-2-7-21(20)30/h1-2,6-7,9-12,17H,3-5,8,13-16H2,(H,26,31)(H,28,33). The molecule has 8 heteroatoms. The van der Waals surface area contributed by atoms with E-state index in [4.69, 9.17) is 0 Å². The molecule has 0 bridgehead atoms. The molecule has 2 N–H and O–H groups in total. The lowest BCUT2D eigenvalue weighted by Crippen LogP contribution is -2.44. The van der Waals surface area contributed by atoms with Crippen molar-refractivity contribution in [2.45, 2.75) is 50.6 Å². The van der Waals surface area contributed by atoms with E-state index in [0.29, 0.717) is 25.8 Å². The Labute approximate surface area is 192 Å². The second kappa shape index (κ2) is 8.69. The van der Waals surface area contributed by atoms with E-state index < -0.39 is 5.54 Å². The number of fused-ring (bicyclic) bond motifs is 1. The number of hydrogen-bond donors (Lipinski definition) is 2. The molecule has 4 amide bonds. The van der Waals surface area contributed by atoms with Crippen LogP contribution in [0.15, 0.2) is 54.9 Å². The van der Waals surface area contributed by atoms with Crippen molar-refractivity contribution < 1.29 is 14.4 Å². The van der Waals surface area contributed by atoms with Gasteiger partial charge >= 0.3 is 6.03 Å². The van der Waals surface area contributed by atoms with E-state index in [-0.39, 0.29) is 30.8 Å². The predicted octanol–water partition coefficient (Wildman–Crippen LogP) is 3.29. The van der Waals surface area contributed by atoms with Crippen LogP contribution in [0.25, 0.3) is 16.7 Å². The third-order valence-electron chi connectivity index (χ3n) is 6.65. The number of para-hydroxylation sites is 2. The lowest BCUT2D eigenvalue weighted by Gasteiger charge is -2.19. The van der Waals surface area contributed by atoms with E-state index in [2.05, 4.69) is 15.6 Å². The Morgan fingerprint density at radius 2 is 1.82 bits per heavy atom. The van der Waals surface area contributed by atoms with Gasteiger partial charge in [-0.1, -0.05) is 37.1 Å². The first-order chi connectivity index (χ1) is 16.1. The van der Waals surface area contributed by atoms with Gasteiger partial charge in [0.2, 0.25) is 5.91 Å². The number of imide groups is 1. The van der Waals surface area contributed by atoms with Crippen molar-refractivity contribution in [3.8, 4) is 5.69 Å². The minimum atomic E-state index is -0.686. The largest absolute Gasteiger partial charge is 0.352 e. The first-order valence-electron chi connectivity index (χ1n) is 11.5. The molecule has 170 valence electrons. The van der Waals surface area contributed by atoms with Gasteiger partial charge in [0, 0.05) is 25.2 Å². The molecule has 2 heterocycles. The fourth-order valence-corrected chi connectivity index (χ4v) is 4.82. The summed E-state index contributed by atoms with van der Waals surface area (Å²) in [6, 6.07) is 15.6. The van der Waals surface area contributed by atoms with Crippen LogP contribution in [0.1, 0.15) is 44.1 Å². The first kappa shape index (κ1) is 21.2. The minimum Gasteiger partial charge on any atom is -0.352 e. The summed E-state index contributed by atoms with van der Waals surface area (Å²) in [5.41, 5.74) is 3.30. The molecule has 1 aromatic heterocycles. The van der Waals surface area contributed by atoms with Gasteiger partial charge in [0.05, 0.1) is 11.0 Å². The molecule has 1 aliphatic heterocycles. The van der Waals surface area contributed by atoms with Gasteiger partial charge in [0.15, 0.2) is 0 Å². The molecule has 1 aliphatic carbocycles. The third kappa shape index (κ3) is 4.08. The van der Waals surface area contributed by atoms with Crippen LogP contribution in [0, 0.1) is 0 Å². The van der Waals surface area contributed by atoms with Gasteiger partial charge in [-0.15, -0.1) is 0 Å². The van der Waals surface area contributed by atoms with Gasteiger partial charge in [0.25, 0.3) is 5.91 Å². The average molecular weight is 446 g/mol. The molecule has 1 spiro atoms. The highest BCUT2D eigenvalue weighted by Crippen LogP contribution is 2.35. The molecule has 2 fully saturated rings. The summed E-state index contributed by atoms with van der Waals surface area (Å²) < 4.78 is 2.03. The monoisotopic (exact) mass is 445 g/mol. The Kier molecular flexibility index (Phi) is 5.58. The number of rotatable bonds is 7. The first-order valence-corrected chi connectivity index (χ1v) is 11.5. The summed E-state index contributed by atoms with van der Waals surface area (Å²) in [5.74, 6) is -0.224. The molecule has 0 atom stereocenters. The number of aromatic nitrogens is 2. The number of benzene rings is 2. The van der Waals surface area contributed by atoms with E-state index in [1.807, 2.05) is 53.1 Å². The lowest BCUT2D eigenvalue weighted by atomic mass is 9.98. The van der Waals surface area contributed by atoms with Crippen molar-refractivity contribution in [1.82, 2.24) is 25.1 Å². The molecule has 2 aliphatic rings. The smallest absolute Gasteiger partial charge is 0.325 e.